The van der Waals surface area contributed by atoms with Gasteiger partial charge in [-0.25, -0.2) is 0 Å². The van der Waals surface area contributed by atoms with Gasteiger partial charge in [-0.15, -0.1) is 0 Å². The predicted octanol–water partition coefficient (Wildman–Crippen LogP) is 2.26. The number of aryl methyl sites for hydroxylation is 2. The van der Waals surface area contributed by atoms with E-state index in [0.717, 1.165) is 26.2 Å². The van der Waals surface area contributed by atoms with Gasteiger partial charge in [0.15, 0.2) is 0 Å². The van der Waals surface area contributed by atoms with E-state index in [1.165, 1.54) is 31.2 Å². The molecule has 1 aliphatic carbocycles. The lowest BCUT2D eigenvalue weighted by molar-refractivity contribution is 0.606. The van der Waals surface area contributed by atoms with E-state index in [1.54, 1.807) is 11.1 Å². The minimum atomic E-state index is 1.00. The van der Waals surface area contributed by atoms with Gasteiger partial charge in [-0.1, -0.05) is 25.1 Å². The van der Waals surface area contributed by atoms with Crippen LogP contribution in [0.2, 0.25) is 0 Å². The van der Waals surface area contributed by atoms with Crippen molar-refractivity contribution in [2.75, 3.05) is 19.6 Å². The number of benzene rings is 1. The molecule has 0 radical (unpaired) electrons. The molecule has 0 saturated carbocycles. The molecule has 2 heteroatoms. The molecule has 2 N–H and O–H groups in total. The second-order valence-electron chi connectivity index (χ2n) is 4.88. The maximum atomic E-state index is 3.49. The molecule has 94 valence electrons. The van der Waals surface area contributed by atoms with Gasteiger partial charge in [0.1, 0.15) is 0 Å². The summed E-state index contributed by atoms with van der Waals surface area (Å²) in [4.78, 5) is 0. The number of hydrogen-bond donors (Lipinski definition) is 2. The molecule has 0 bridgehead atoms. The highest BCUT2D eigenvalue weighted by Gasteiger charge is 2.10. The van der Waals surface area contributed by atoms with Crippen molar-refractivity contribution in [2.24, 2.45) is 0 Å². The van der Waals surface area contributed by atoms with Gasteiger partial charge in [0.05, 0.1) is 0 Å². The summed E-state index contributed by atoms with van der Waals surface area (Å²) in [6, 6.07) is 6.97. The first kappa shape index (κ1) is 12.6. The van der Waals surface area contributed by atoms with Gasteiger partial charge in [0.25, 0.3) is 0 Å². The molecule has 0 aliphatic heterocycles. The van der Waals surface area contributed by atoms with E-state index in [2.05, 4.69) is 35.8 Å². The summed E-state index contributed by atoms with van der Waals surface area (Å²) in [5, 5.41) is 6.89. The molecule has 0 amide bonds. The normalized spacial score (nSPS) is 13.9. The Kier molecular flexibility index (Phi) is 5.02. The Bertz CT molecular complexity index is 347. The van der Waals surface area contributed by atoms with Crippen LogP contribution in [0.25, 0.3) is 0 Å². The van der Waals surface area contributed by atoms with Crippen molar-refractivity contribution >= 4 is 0 Å². The fraction of sp³-hybridized carbons (Fsp3) is 0.600. The van der Waals surface area contributed by atoms with Crippen LogP contribution in [0.3, 0.4) is 0 Å². The second-order valence-corrected chi connectivity index (χ2v) is 4.88. The zero-order valence-electron chi connectivity index (χ0n) is 10.9. The Balaban J connectivity index is 1.69. The maximum absolute atomic E-state index is 3.49. The van der Waals surface area contributed by atoms with Gasteiger partial charge in [-0.3, -0.25) is 0 Å². The summed E-state index contributed by atoms with van der Waals surface area (Å²) in [6.07, 6.45) is 5.11. The van der Waals surface area contributed by atoms with Gasteiger partial charge in [0, 0.05) is 19.6 Å². The van der Waals surface area contributed by atoms with E-state index in [1.807, 2.05) is 0 Å². The first-order chi connectivity index (χ1) is 8.40. The average molecular weight is 232 g/mol. The summed E-state index contributed by atoms with van der Waals surface area (Å²) < 4.78 is 0. The summed E-state index contributed by atoms with van der Waals surface area (Å²) in [7, 11) is 0. The lowest BCUT2D eigenvalue weighted by Gasteiger charge is -2.07. The fourth-order valence-corrected chi connectivity index (χ4v) is 2.45. The Morgan fingerprint density at radius 3 is 2.71 bits per heavy atom. The van der Waals surface area contributed by atoms with Crippen LogP contribution in [0.4, 0.5) is 0 Å². The SMILES string of the molecule is CCCNCCNCc1ccc2c(c1)CCC2. The smallest absolute Gasteiger partial charge is 0.0206 e. The van der Waals surface area contributed by atoms with E-state index >= 15 is 0 Å². The molecule has 17 heavy (non-hydrogen) atoms. The molecule has 2 nitrogen and oxygen atoms in total. The third-order valence-electron chi connectivity index (χ3n) is 3.40. The van der Waals surface area contributed by atoms with Gasteiger partial charge >= 0.3 is 0 Å². The molecule has 0 unspecified atom stereocenters. The molecule has 0 heterocycles. The van der Waals surface area contributed by atoms with Gasteiger partial charge in [-0.2, -0.15) is 0 Å². The highest BCUT2D eigenvalue weighted by atomic mass is 14.9. The Morgan fingerprint density at radius 1 is 1.00 bits per heavy atom. The van der Waals surface area contributed by atoms with Gasteiger partial charge in [0.2, 0.25) is 0 Å². The monoisotopic (exact) mass is 232 g/mol. The van der Waals surface area contributed by atoms with Crippen LogP contribution in [0.1, 0.15) is 36.5 Å². The van der Waals surface area contributed by atoms with E-state index < -0.39 is 0 Å². The summed E-state index contributed by atoms with van der Waals surface area (Å²) in [5.74, 6) is 0. The van der Waals surface area contributed by atoms with E-state index in [-0.39, 0.29) is 0 Å². The quantitative estimate of drug-likeness (QED) is 0.705. The van der Waals surface area contributed by atoms with Crippen LogP contribution in [0, 0.1) is 0 Å². The molecular formula is C15H24N2. The van der Waals surface area contributed by atoms with Crippen LogP contribution in [0.15, 0.2) is 18.2 Å². The molecular weight excluding hydrogens is 208 g/mol. The van der Waals surface area contributed by atoms with Crippen molar-refractivity contribution in [3.05, 3.63) is 34.9 Å². The van der Waals surface area contributed by atoms with Crippen molar-refractivity contribution in [2.45, 2.75) is 39.2 Å². The summed E-state index contributed by atoms with van der Waals surface area (Å²) in [6.45, 7) is 6.45. The Hall–Kier alpha value is -0.860. The first-order valence-corrected chi connectivity index (χ1v) is 6.92. The lowest BCUT2D eigenvalue weighted by Crippen LogP contribution is -2.27. The van der Waals surface area contributed by atoms with Crippen molar-refractivity contribution in [3.63, 3.8) is 0 Å². The van der Waals surface area contributed by atoms with E-state index in [9.17, 15) is 0 Å². The molecule has 1 aliphatic rings. The van der Waals surface area contributed by atoms with Crippen molar-refractivity contribution in [3.8, 4) is 0 Å². The summed E-state index contributed by atoms with van der Waals surface area (Å²) >= 11 is 0. The van der Waals surface area contributed by atoms with Crippen molar-refractivity contribution in [1.82, 2.24) is 10.6 Å². The topological polar surface area (TPSA) is 24.1 Å². The van der Waals surface area contributed by atoms with Crippen LogP contribution in [-0.2, 0) is 19.4 Å². The van der Waals surface area contributed by atoms with Crippen LogP contribution < -0.4 is 10.6 Å². The van der Waals surface area contributed by atoms with E-state index in [4.69, 9.17) is 0 Å². The number of nitrogens with one attached hydrogen (secondary N) is 2. The Morgan fingerprint density at radius 2 is 1.82 bits per heavy atom. The lowest BCUT2D eigenvalue weighted by atomic mass is 10.1. The largest absolute Gasteiger partial charge is 0.315 e. The van der Waals surface area contributed by atoms with Crippen molar-refractivity contribution < 1.29 is 0 Å². The molecule has 0 atom stereocenters. The Labute approximate surface area is 105 Å². The second kappa shape index (κ2) is 6.77. The maximum Gasteiger partial charge on any atom is 0.0206 e. The molecule has 0 saturated heterocycles. The summed E-state index contributed by atoms with van der Waals surface area (Å²) in [5.41, 5.74) is 4.58. The molecule has 1 aromatic rings. The fourth-order valence-electron chi connectivity index (χ4n) is 2.45. The third kappa shape index (κ3) is 3.83. The molecule has 0 spiro atoms. The van der Waals surface area contributed by atoms with Gasteiger partial charge < -0.3 is 10.6 Å². The highest BCUT2D eigenvalue weighted by molar-refractivity contribution is 5.35. The third-order valence-corrected chi connectivity index (χ3v) is 3.40. The van der Waals surface area contributed by atoms with Crippen LogP contribution in [-0.4, -0.2) is 19.6 Å². The molecule has 1 aromatic carbocycles. The average Bonchev–Trinajstić information content (AvgIpc) is 2.81. The predicted molar refractivity (Wildman–Crippen MR) is 73.3 cm³/mol. The van der Waals surface area contributed by atoms with Crippen molar-refractivity contribution in [1.29, 1.82) is 0 Å². The van der Waals surface area contributed by atoms with Crippen LogP contribution in [0.5, 0.6) is 0 Å². The minimum absolute atomic E-state index is 1.00. The van der Waals surface area contributed by atoms with E-state index in [0.29, 0.717) is 0 Å². The zero-order valence-corrected chi connectivity index (χ0v) is 10.9. The number of fused-ring (bicyclic) bond motifs is 1. The first-order valence-electron chi connectivity index (χ1n) is 6.92. The number of hydrogen-bond acceptors (Lipinski definition) is 2. The number of rotatable bonds is 7. The zero-order chi connectivity index (χ0) is 11.9. The minimum Gasteiger partial charge on any atom is -0.315 e. The van der Waals surface area contributed by atoms with Crippen LogP contribution >= 0.6 is 0 Å². The molecule has 2 rings (SSSR count). The standard InChI is InChI=1S/C15H24N2/c1-2-8-16-9-10-17-12-13-6-7-14-4-3-5-15(14)11-13/h6-7,11,16-17H,2-5,8-10,12H2,1H3. The molecule has 0 aromatic heterocycles. The highest BCUT2D eigenvalue weighted by Crippen LogP contribution is 2.22. The van der Waals surface area contributed by atoms with Gasteiger partial charge in [-0.05, 0) is 48.9 Å². The molecule has 0 fully saturated rings.